The fourth-order valence-corrected chi connectivity index (χ4v) is 4.40. The lowest BCUT2D eigenvalue weighted by Crippen LogP contribution is -2.55. The van der Waals surface area contributed by atoms with E-state index in [0.29, 0.717) is 5.92 Å². The van der Waals surface area contributed by atoms with Crippen LogP contribution in [0.2, 0.25) is 0 Å². The number of nitrogens with one attached hydrogen (secondary N) is 2. The zero-order valence-electron chi connectivity index (χ0n) is 18.0. The lowest BCUT2D eigenvalue weighted by Gasteiger charge is -2.31. The third-order valence-corrected chi connectivity index (χ3v) is 6.07. The molecule has 2 fully saturated rings. The fraction of sp³-hybridized carbons (Fsp3) is 0.950. The second-order valence-corrected chi connectivity index (χ2v) is 8.98. The van der Waals surface area contributed by atoms with E-state index in [2.05, 4.69) is 24.5 Å². The van der Waals surface area contributed by atoms with Gasteiger partial charge in [-0.3, -0.25) is 9.69 Å². The molecule has 0 aromatic rings. The Morgan fingerprint density at radius 3 is 2.21 bits per heavy atom. The number of aliphatic hydroxyl groups excluding tert-OH is 1. The minimum Gasteiger partial charge on any atom is -0.382 e. The van der Waals surface area contributed by atoms with Gasteiger partial charge in [0.25, 0.3) is 0 Å². The zero-order valence-corrected chi connectivity index (χ0v) is 18.0. The van der Waals surface area contributed by atoms with E-state index in [-0.39, 0.29) is 31.0 Å². The fourth-order valence-electron chi connectivity index (χ4n) is 4.40. The largest absolute Gasteiger partial charge is 0.416 e. The molecule has 0 spiro atoms. The van der Waals surface area contributed by atoms with Crippen molar-refractivity contribution in [2.75, 3.05) is 13.6 Å². The number of nitrogens with zero attached hydrogens (tertiary/aromatic N) is 1. The highest BCUT2D eigenvalue weighted by atomic mass is 19.4. The molecule has 1 aliphatic heterocycles. The molecule has 0 aromatic carbocycles. The first-order valence-electron chi connectivity index (χ1n) is 10.6. The molecule has 2 rings (SSSR count). The molecule has 1 amide bonds. The van der Waals surface area contributed by atoms with Crippen LogP contribution in [0, 0.1) is 11.8 Å². The Morgan fingerprint density at radius 2 is 1.76 bits per heavy atom. The molecule has 6 nitrogen and oxygen atoms in total. The van der Waals surface area contributed by atoms with Gasteiger partial charge in [-0.2, -0.15) is 13.2 Å². The molecular weight excluding hydrogens is 387 g/mol. The molecule has 0 radical (unpaired) electrons. The van der Waals surface area contributed by atoms with Crippen molar-refractivity contribution in [2.45, 2.75) is 96.1 Å². The average molecular weight is 424 g/mol. The molecule has 1 aliphatic carbocycles. The maximum Gasteiger partial charge on any atom is 0.416 e. The number of ether oxygens (including phenoxy) is 1. The number of halogens is 3. The van der Waals surface area contributed by atoms with E-state index >= 15 is 0 Å². The number of alkyl halides is 3. The Labute approximate surface area is 171 Å². The van der Waals surface area contributed by atoms with Crippen LogP contribution in [-0.4, -0.2) is 72.2 Å². The van der Waals surface area contributed by atoms with Crippen LogP contribution < -0.4 is 10.6 Å². The van der Waals surface area contributed by atoms with Crippen molar-refractivity contribution in [1.29, 1.82) is 0 Å². The van der Waals surface area contributed by atoms with Gasteiger partial charge in [-0.1, -0.05) is 40.5 Å². The maximum atomic E-state index is 13.0. The first kappa shape index (κ1) is 24.4. The molecule has 3 N–H and O–H groups in total. The second-order valence-electron chi connectivity index (χ2n) is 8.98. The standard InChI is InChI=1S/C20H36F3N3O3/c1-11(2)15(24-5)17-19(29-17)26(13-8-6-7-9-13)10-14(27)25-16(12(3)4)18(28)20(21,22)23/h11-13,15-19,24,28H,6-10H2,1-5H3,(H,25,27)/t15?,16-,17?,18-,19?/m0/s1. The van der Waals surface area contributed by atoms with Gasteiger partial charge in [0.1, 0.15) is 12.3 Å². The highest BCUT2D eigenvalue weighted by molar-refractivity contribution is 5.78. The van der Waals surface area contributed by atoms with Crippen molar-refractivity contribution in [3.05, 3.63) is 0 Å². The van der Waals surface area contributed by atoms with Crippen molar-refractivity contribution < 1.29 is 27.8 Å². The third-order valence-electron chi connectivity index (χ3n) is 6.07. The topological polar surface area (TPSA) is 77.1 Å². The zero-order chi connectivity index (χ0) is 21.9. The highest BCUT2D eigenvalue weighted by Crippen LogP contribution is 2.36. The van der Waals surface area contributed by atoms with E-state index in [0.717, 1.165) is 25.7 Å². The summed E-state index contributed by atoms with van der Waals surface area (Å²) in [4.78, 5) is 14.7. The predicted molar refractivity (Wildman–Crippen MR) is 104 cm³/mol. The number of carbonyl (C=O) groups is 1. The number of amides is 1. The normalized spacial score (nSPS) is 26.2. The summed E-state index contributed by atoms with van der Waals surface area (Å²) in [6.45, 7) is 7.26. The summed E-state index contributed by atoms with van der Waals surface area (Å²) in [7, 11) is 1.88. The minimum absolute atomic E-state index is 0.0336. The van der Waals surface area contributed by atoms with Gasteiger partial charge in [0.15, 0.2) is 6.10 Å². The van der Waals surface area contributed by atoms with E-state index in [1.807, 2.05) is 11.9 Å². The number of likely N-dealkylation sites (N-methyl/N-ethyl adjacent to an activating group) is 1. The van der Waals surface area contributed by atoms with Crippen LogP contribution in [0.3, 0.4) is 0 Å². The molecule has 29 heavy (non-hydrogen) atoms. The second kappa shape index (κ2) is 9.94. The SMILES string of the molecule is CNC(C(C)C)C1OC1N(CC(=O)N[C@@H](C(C)C)[C@H](O)C(F)(F)F)C1CCCC1. The van der Waals surface area contributed by atoms with Crippen LogP contribution >= 0.6 is 0 Å². The van der Waals surface area contributed by atoms with Crippen LogP contribution in [0.25, 0.3) is 0 Å². The lowest BCUT2D eigenvalue weighted by molar-refractivity contribution is -0.215. The Morgan fingerprint density at radius 1 is 1.17 bits per heavy atom. The molecule has 170 valence electrons. The molecule has 5 atom stereocenters. The van der Waals surface area contributed by atoms with E-state index in [9.17, 15) is 23.1 Å². The van der Waals surface area contributed by atoms with Crippen LogP contribution in [0.4, 0.5) is 13.2 Å². The molecule has 1 heterocycles. The molecule has 1 saturated carbocycles. The first-order valence-corrected chi connectivity index (χ1v) is 10.6. The van der Waals surface area contributed by atoms with Gasteiger partial charge < -0.3 is 20.5 Å². The summed E-state index contributed by atoms with van der Waals surface area (Å²) in [5.41, 5.74) is 0. The number of hydrogen-bond donors (Lipinski definition) is 3. The van der Waals surface area contributed by atoms with Crippen molar-refractivity contribution in [3.8, 4) is 0 Å². The molecule has 2 aliphatic rings. The average Bonchev–Trinajstić information content (AvgIpc) is 3.17. The quantitative estimate of drug-likeness (QED) is 0.470. The highest BCUT2D eigenvalue weighted by Gasteiger charge is 2.52. The van der Waals surface area contributed by atoms with Crippen LogP contribution in [0.1, 0.15) is 53.4 Å². The van der Waals surface area contributed by atoms with E-state index in [4.69, 9.17) is 4.74 Å². The molecule has 3 unspecified atom stereocenters. The van der Waals surface area contributed by atoms with Crippen molar-refractivity contribution in [3.63, 3.8) is 0 Å². The van der Waals surface area contributed by atoms with Crippen molar-refractivity contribution >= 4 is 5.91 Å². The van der Waals surface area contributed by atoms with Crippen molar-refractivity contribution in [1.82, 2.24) is 15.5 Å². The van der Waals surface area contributed by atoms with Gasteiger partial charge in [0.2, 0.25) is 5.91 Å². The number of epoxide rings is 1. The maximum absolute atomic E-state index is 13.0. The summed E-state index contributed by atoms with van der Waals surface area (Å²) in [5.74, 6) is -0.727. The molecular formula is C20H36F3N3O3. The Balaban J connectivity index is 2.06. The van der Waals surface area contributed by atoms with E-state index < -0.39 is 30.1 Å². The number of aliphatic hydroxyl groups is 1. The van der Waals surface area contributed by atoms with Gasteiger partial charge in [0, 0.05) is 12.1 Å². The van der Waals surface area contributed by atoms with E-state index in [1.165, 1.54) is 0 Å². The van der Waals surface area contributed by atoms with Crippen LogP contribution in [-0.2, 0) is 9.53 Å². The molecule has 0 aromatic heterocycles. The Kier molecular flexibility index (Phi) is 8.35. The number of hydrogen-bond acceptors (Lipinski definition) is 5. The van der Waals surface area contributed by atoms with Crippen molar-refractivity contribution in [2.24, 2.45) is 11.8 Å². The van der Waals surface area contributed by atoms with Gasteiger partial charge in [0.05, 0.1) is 12.6 Å². The summed E-state index contributed by atoms with van der Waals surface area (Å²) < 4.78 is 44.8. The third kappa shape index (κ3) is 6.29. The van der Waals surface area contributed by atoms with Crippen LogP contribution in [0.15, 0.2) is 0 Å². The number of rotatable bonds is 10. The summed E-state index contributed by atoms with van der Waals surface area (Å²) >= 11 is 0. The summed E-state index contributed by atoms with van der Waals surface area (Å²) in [5, 5.41) is 15.3. The van der Waals surface area contributed by atoms with Gasteiger partial charge in [-0.05, 0) is 31.7 Å². The first-order chi connectivity index (χ1) is 13.5. The molecule has 9 heteroatoms. The summed E-state index contributed by atoms with van der Waals surface area (Å²) in [6.07, 6.45) is -3.60. The monoisotopic (exact) mass is 423 g/mol. The van der Waals surface area contributed by atoms with Gasteiger partial charge >= 0.3 is 6.18 Å². The Bertz CT molecular complexity index is 539. The minimum atomic E-state index is -4.78. The van der Waals surface area contributed by atoms with Crippen LogP contribution in [0.5, 0.6) is 0 Å². The number of carbonyl (C=O) groups excluding carboxylic acids is 1. The Hall–Kier alpha value is -0.900. The summed E-state index contributed by atoms with van der Waals surface area (Å²) in [6, 6.07) is -1.06. The smallest absolute Gasteiger partial charge is 0.382 e. The molecule has 1 saturated heterocycles. The predicted octanol–water partition coefficient (Wildman–Crippen LogP) is 2.26. The van der Waals surface area contributed by atoms with Gasteiger partial charge in [-0.15, -0.1) is 0 Å². The molecule has 0 bridgehead atoms. The van der Waals surface area contributed by atoms with E-state index in [1.54, 1.807) is 13.8 Å². The van der Waals surface area contributed by atoms with Gasteiger partial charge in [-0.25, -0.2) is 0 Å². The lowest BCUT2D eigenvalue weighted by atomic mass is 9.98.